The van der Waals surface area contributed by atoms with Crippen LogP contribution in [0.3, 0.4) is 0 Å². The van der Waals surface area contributed by atoms with Crippen molar-refractivity contribution in [1.29, 1.82) is 0 Å². The van der Waals surface area contributed by atoms with E-state index in [4.69, 9.17) is 9.47 Å². The molecule has 0 aliphatic carbocycles. The van der Waals surface area contributed by atoms with Crippen LogP contribution >= 0.6 is 0 Å². The van der Waals surface area contributed by atoms with Crippen LogP contribution in [0.5, 0.6) is 11.5 Å². The second-order valence-corrected chi connectivity index (χ2v) is 8.39. The smallest absolute Gasteiger partial charge is 0.262 e. The van der Waals surface area contributed by atoms with Crippen LogP contribution in [0.15, 0.2) is 91.0 Å². The van der Waals surface area contributed by atoms with Gasteiger partial charge in [-0.2, -0.15) is 0 Å². The van der Waals surface area contributed by atoms with Gasteiger partial charge in [0.05, 0.1) is 12.7 Å². The van der Waals surface area contributed by atoms with E-state index in [0.29, 0.717) is 11.3 Å². The summed E-state index contributed by atoms with van der Waals surface area (Å²) >= 11 is 0. The van der Waals surface area contributed by atoms with Gasteiger partial charge in [-0.1, -0.05) is 48.0 Å². The minimum atomic E-state index is -0.460. The van der Waals surface area contributed by atoms with Crippen LogP contribution in [0, 0.1) is 12.7 Å². The van der Waals surface area contributed by atoms with E-state index < -0.39 is 12.0 Å². The minimum absolute atomic E-state index is 0.0897. The third-order valence-electron chi connectivity index (χ3n) is 6.08. The van der Waals surface area contributed by atoms with E-state index in [1.54, 1.807) is 30.2 Å². The van der Waals surface area contributed by atoms with E-state index in [1.165, 1.54) is 6.07 Å². The lowest BCUT2D eigenvalue weighted by Gasteiger charge is -2.38. The maximum atomic E-state index is 14.1. The largest absolute Gasteiger partial charge is 0.496 e. The maximum Gasteiger partial charge on any atom is 0.262 e. The van der Waals surface area contributed by atoms with Crippen molar-refractivity contribution >= 4 is 17.3 Å². The van der Waals surface area contributed by atoms with Gasteiger partial charge in [0.25, 0.3) is 5.91 Å². The van der Waals surface area contributed by atoms with Crippen molar-refractivity contribution in [3.63, 3.8) is 0 Å². The Morgan fingerprint density at radius 1 is 0.914 bits per heavy atom. The lowest BCUT2D eigenvalue weighted by atomic mass is 10.0. The molecule has 0 spiro atoms. The molecule has 1 aliphatic heterocycles. The van der Waals surface area contributed by atoms with Gasteiger partial charge in [-0.3, -0.25) is 9.69 Å². The van der Waals surface area contributed by atoms with Gasteiger partial charge in [0, 0.05) is 16.9 Å². The molecule has 176 valence electrons. The number of nitrogens with one attached hydrogen (secondary N) is 1. The van der Waals surface area contributed by atoms with Crippen LogP contribution in [0.2, 0.25) is 0 Å². The molecule has 4 aromatic rings. The highest BCUT2D eigenvalue weighted by Crippen LogP contribution is 2.38. The first kappa shape index (κ1) is 22.5. The molecule has 35 heavy (non-hydrogen) atoms. The zero-order chi connectivity index (χ0) is 24.4. The fourth-order valence-corrected chi connectivity index (χ4v) is 4.26. The summed E-state index contributed by atoms with van der Waals surface area (Å²) in [6.45, 7) is 2.12. The van der Waals surface area contributed by atoms with E-state index in [9.17, 15) is 9.18 Å². The van der Waals surface area contributed by atoms with Crippen molar-refractivity contribution in [2.75, 3.05) is 17.3 Å². The van der Waals surface area contributed by atoms with Crippen molar-refractivity contribution < 1.29 is 18.7 Å². The van der Waals surface area contributed by atoms with Crippen molar-refractivity contribution in [2.45, 2.75) is 19.7 Å². The number of anilines is 2. The molecule has 6 heteroatoms. The Hall–Kier alpha value is -4.32. The zero-order valence-corrected chi connectivity index (χ0v) is 19.5. The molecule has 5 nitrogen and oxygen atoms in total. The van der Waals surface area contributed by atoms with Gasteiger partial charge in [0.15, 0.2) is 11.6 Å². The molecule has 0 bridgehead atoms. The molecule has 0 fully saturated rings. The molecule has 1 unspecified atom stereocenters. The van der Waals surface area contributed by atoms with Crippen molar-refractivity contribution in [1.82, 2.24) is 0 Å². The van der Waals surface area contributed by atoms with Crippen molar-refractivity contribution in [3.05, 3.63) is 119 Å². The second-order valence-electron chi connectivity index (χ2n) is 8.39. The summed E-state index contributed by atoms with van der Waals surface area (Å²) < 4.78 is 25.4. The zero-order valence-electron chi connectivity index (χ0n) is 19.5. The standard InChI is InChI=1S/C29H25FN2O3/c1-19-11-14-22(15-12-19)32-28(31-25-9-5-3-7-23(25)29(32)33)20-13-16-26(34-2)21(17-20)18-35-27-10-6-4-8-24(27)30/h3-17,28,31H,18H2,1-2H3. The summed E-state index contributed by atoms with van der Waals surface area (Å²) in [6.07, 6.45) is -0.460. The van der Waals surface area contributed by atoms with Crippen LogP contribution in [0.1, 0.15) is 33.2 Å². The Balaban J connectivity index is 1.54. The number of amides is 1. The molecule has 1 aliphatic rings. The number of fused-ring (bicyclic) bond motifs is 1. The number of aryl methyl sites for hydroxylation is 1. The number of rotatable bonds is 6. The number of carbonyl (C=O) groups is 1. The highest BCUT2D eigenvalue weighted by molar-refractivity contribution is 6.12. The Morgan fingerprint density at radius 2 is 1.66 bits per heavy atom. The predicted octanol–water partition coefficient (Wildman–Crippen LogP) is 6.49. The Labute approximate surface area is 203 Å². The van der Waals surface area contributed by atoms with Gasteiger partial charge < -0.3 is 14.8 Å². The molecule has 1 amide bonds. The van der Waals surface area contributed by atoms with E-state index in [1.807, 2.05) is 73.7 Å². The molecule has 0 saturated heterocycles. The second kappa shape index (κ2) is 9.50. The first-order valence-corrected chi connectivity index (χ1v) is 11.3. The molecule has 0 aromatic heterocycles. The normalized spacial score (nSPS) is 14.8. The monoisotopic (exact) mass is 468 g/mol. The Bertz CT molecular complexity index is 1370. The van der Waals surface area contributed by atoms with Crippen LogP contribution in [0.4, 0.5) is 15.8 Å². The summed E-state index contributed by atoms with van der Waals surface area (Å²) in [4.78, 5) is 15.4. The topological polar surface area (TPSA) is 50.8 Å². The lowest BCUT2D eigenvalue weighted by molar-refractivity contribution is 0.0975. The third-order valence-corrected chi connectivity index (χ3v) is 6.08. The molecule has 1 atom stereocenters. The maximum absolute atomic E-state index is 14.1. The predicted molar refractivity (Wildman–Crippen MR) is 135 cm³/mol. The highest BCUT2D eigenvalue weighted by Gasteiger charge is 2.34. The average Bonchev–Trinajstić information content (AvgIpc) is 2.89. The molecule has 0 saturated carbocycles. The Kier molecular flexibility index (Phi) is 6.10. The number of methoxy groups -OCH3 is 1. The SMILES string of the molecule is COc1ccc(C2Nc3ccccc3C(=O)N2c2ccc(C)cc2)cc1COc1ccccc1F. The summed E-state index contributed by atoms with van der Waals surface area (Å²) in [5.41, 5.74) is 4.87. The van der Waals surface area contributed by atoms with Crippen LogP contribution < -0.4 is 19.7 Å². The summed E-state index contributed by atoms with van der Waals surface area (Å²) in [7, 11) is 1.58. The Morgan fingerprint density at radius 3 is 2.43 bits per heavy atom. The van der Waals surface area contributed by atoms with Crippen LogP contribution in [-0.4, -0.2) is 13.0 Å². The first-order valence-electron chi connectivity index (χ1n) is 11.3. The van der Waals surface area contributed by atoms with Gasteiger partial charge in [0.1, 0.15) is 18.5 Å². The quantitative estimate of drug-likeness (QED) is 0.351. The highest BCUT2D eigenvalue weighted by atomic mass is 19.1. The van der Waals surface area contributed by atoms with Crippen LogP contribution in [0.25, 0.3) is 0 Å². The van der Waals surface area contributed by atoms with Crippen LogP contribution in [-0.2, 0) is 6.61 Å². The molecule has 1 heterocycles. The number of hydrogen-bond donors (Lipinski definition) is 1. The number of halogens is 1. The van der Waals surface area contributed by atoms with Crippen molar-refractivity contribution in [2.24, 2.45) is 0 Å². The molecule has 1 N–H and O–H groups in total. The van der Waals surface area contributed by atoms with E-state index in [2.05, 4.69) is 5.32 Å². The van der Waals surface area contributed by atoms with E-state index >= 15 is 0 Å². The molecule has 0 radical (unpaired) electrons. The minimum Gasteiger partial charge on any atom is -0.496 e. The fraction of sp³-hybridized carbons (Fsp3) is 0.138. The molecular formula is C29H25FN2O3. The van der Waals surface area contributed by atoms with Gasteiger partial charge >= 0.3 is 0 Å². The first-order chi connectivity index (χ1) is 17.0. The van der Waals surface area contributed by atoms with E-state index in [-0.39, 0.29) is 18.3 Å². The van der Waals surface area contributed by atoms with Gasteiger partial charge in [-0.05, 0) is 61.0 Å². The summed E-state index contributed by atoms with van der Waals surface area (Å²) in [6, 6.07) is 27.3. The average molecular weight is 469 g/mol. The number of benzene rings is 4. The van der Waals surface area contributed by atoms with Gasteiger partial charge in [-0.25, -0.2) is 4.39 Å². The number of carbonyl (C=O) groups excluding carboxylic acids is 1. The fourth-order valence-electron chi connectivity index (χ4n) is 4.26. The molecule has 5 rings (SSSR count). The molecular weight excluding hydrogens is 443 g/mol. The summed E-state index contributed by atoms with van der Waals surface area (Å²) in [5.74, 6) is 0.271. The summed E-state index contributed by atoms with van der Waals surface area (Å²) in [5, 5.41) is 3.52. The van der Waals surface area contributed by atoms with Gasteiger partial charge in [0.2, 0.25) is 0 Å². The number of para-hydroxylation sites is 2. The van der Waals surface area contributed by atoms with Crippen molar-refractivity contribution in [3.8, 4) is 11.5 Å². The molecule has 4 aromatic carbocycles. The van der Waals surface area contributed by atoms with E-state index in [0.717, 1.165) is 28.1 Å². The lowest BCUT2D eigenvalue weighted by Crippen LogP contribution is -2.43. The van der Waals surface area contributed by atoms with Gasteiger partial charge in [-0.15, -0.1) is 0 Å². The number of ether oxygens (including phenoxy) is 2. The number of nitrogens with zero attached hydrogens (tertiary/aromatic N) is 1. The number of hydrogen-bond acceptors (Lipinski definition) is 4. The third kappa shape index (κ3) is 4.43.